The maximum absolute atomic E-state index is 13.1. The third-order valence-corrected chi connectivity index (χ3v) is 19.0. The topological polar surface area (TPSA) is 237 Å². The van der Waals surface area contributed by atoms with E-state index in [0.29, 0.717) is 25.7 Å². The Morgan fingerprint density at radius 2 is 0.520 bits per heavy atom. The first-order chi connectivity index (χ1) is 48.7. The molecule has 0 rings (SSSR count). The highest BCUT2D eigenvalue weighted by atomic mass is 31.2. The molecule has 19 heteroatoms. The van der Waals surface area contributed by atoms with Crippen molar-refractivity contribution in [1.82, 2.24) is 0 Å². The van der Waals surface area contributed by atoms with Gasteiger partial charge in [0.15, 0.2) is 12.2 Å². The monoisotopic (exact) mass is 1450 g/mol. The van der Waals surface area contributed by atoms with E-state index in [4.69, 9.17) is 37.0 Å². The Labute approximate surface area is 609 Å². The van der Waals surface area contributed by atoms with Crippen molar-refractivity contribution in [3.8, 4) is 0 Å². The number of carbonyl (C=O) groups is 4. The molecule has 2 unspecified atom stereocenters. The number of phosphoric acid groups is 2. The molecule has 0 saturated carbocycles. The molecule has 100 heavy (non-hydrogen) atoms. The van der Waals surface area contributed by atoms with Crippen molar-refractivity contribution in [2.24, 2.45) is 0 Å². The lowest BCUT2D eigenvalue weighted by Gasteiger charge is -2.21. The summed E-state index contributed by atoms with van der Waals surface area (Å²) in [6, 6.07) is 0. The van der Waals surface area contributed by atoms with E-state index in [0.717, 1.165) is 161 Å². The van der Waals surface area contributed by atoms with Crippen LogP contribution in [0.4, 0.5) is 0 Å². The van der Waals surface area contributed by atoms with E-state index in [1.54, 1.807) is 0 Å². The Morgan fingerprint density at radius 1 is 0.290 bits per heavy atom. The molecule has 0 bridgehead atoms. The van der Waals surface area contributed by atoms with Crippen LogP contribution in [-0.2, 0) is 65.4 Å². The number of hydrogen-bond acceptors (Lipinski definition) is 15. The molecule has 0 aliphatic carbocycles. The summed E-state index contributed by atoms with van der Waals surface area (Å²) in [7, 11) is -9.96. The second-order valence-electron chi connectivity index (χ2n) is 27.0. The second-order valence-corrected chi connectivity index (χ2v) is 29.9. The van der Waals surface area contributed by atoms with Crippen LogP contribution in [-0.4, -0.2) is 96.7 Å². The van der Waals surface area contributed by atoms with Gasteiger partial charge in [-0.05, 0) is 135 Å². The fraction of sp³-hybridized carbons (Fsp3) is 0.802. The summed E-state index contributed by atoms with van der Waals surface area (Å²) < 4.78 is 68.6. The second kappa shape index (κ2) is 73.8. The zero-order chi connectivity index (χ0) is 73.2. The van der Waals surface area contributed by atoms with Crippen molar-refractivity contribution in [3.63, 3.8) is 0 Å². The maximum atomic E-state index is 13.1. The van der Waals surface area contributed by atoms with E-state index in [9.17, 15) is 43.2 Å². The summed E-state index contributed by atoms with van der Waals surface area (Å²) in [5.41, 5.74) is 0. The van der Waals surface area contributed by atoms with Crippen LogP contribution in [0.2, 0.25) is 0 Å². The molecule has 0 aromatic rings. The van der Waals surface area contributed by atoms with E-state index in [1.165, 1.54) is 122 Å². The van der Waals surface area contributed by atoms with Crippen LogP contribution < -0.4 is 0 Å². The van der Waals surface area contributed by atoms with E-state index >= 15 is 0 Å². The number of rotatable bonds is 76. The fourth-order valence-corrected chi connectivity index (χ4v) is 12.5. The summed E-state index contributed by atoms with van der Waals surface area (Å²) in [6.07, 6.45) is 74.4. The summed E-state index contributed by atoms with van der Waals surface area (Å²) in [5.74, 6) is -2.20. The van der Waals surface area contributed by atoms with Gasteiger partial charge in [0.2, 0.25) is 0 Å². The molecular formula is C81H146O17P2. The van der Waals surface area contributed by atoms with E-state index < -0.39 is 97.5 Å². The standard InChI is InChI=1S/C81H146O17P2/c1-5-9-13-17-21-25-29-33-37-41-45-49-53-57-61-65-78(83)91-71-76(97-80(85)67-63-59-55-51-47-43-39-35-31-27-23-19-15-11-7-3)73-95-99(87,88)93-69-75(82)70-94-100(89,90)96-74-77(98-81(86)68-64-60-56-52-48-44-40-36-32-28-24-20-16-12-8-4)72-92-79(84)66-62-58-54-50-46-42-38-34-30-26-22-18-14-10-6-2/h21,25,28,32-40,75-77,82H,5-20,22-24,26-27,29-31,41-74H2,1-4H3,(H,87,88)(H,89,90)/b25-21-,32-28-,37-33-,38-34-,39-35-,40-36-/t75-,76-,77-/m1/s1. The van der Waals surface area contributed by atoms with Gasteiger partial charge in [0, 0.05) is 25.7 Å². The number of aliphatic hydroxyl groups is 1. The van der Waals surface area contributed by atoms with Crippen molar-refractivity contribution in [1.29, 1.82) is 0 Å². The number of carbonyl (C=O) groups excluding carboxylic acids is 4. The Morgan fingerprint density at radius 3 is 0.840 bits per heavy atom. The predicted molar refractivity (Wildman–Crippen MR) is 409 cm³/mol. The molecular weight excluding hydrogens is 1310 g/mol. The summed E-state index contributed by atoms with van der Waals surface area (Å²) in [5, 5.41) is 10.6. The first-order valence-corrected chi connectivity index (χ1v) is 43.2. The highest BCUT2D eigenvalue weighted by Crippen LogP contribution is 2.45. The first-order valence-electron chi connectivity index (χ1n) is 40.2. The normalized spacial score (nSPS) is 14.3. The fourth-order valence-electron chi connectivity index (χ4n) is 10.9. The van der Waals surface area contributed by atoms with Crippen molar-refractivity contribution < 1.29 is 80.2 Å². The van der Waals surface area contributed by atoms with Crippen molar-refractivity contribution in [2.75, 3.05) is 39.6 Å². The first kappa shape index (κ1) is 96.5. The molecule has 0 fully saturated rings. The third kappa shape index (κ3) is 72.8. The minimum absolute atomic E-state index is 0.0782. The van der Waals surface area contributed by atoms with Gasteiger partial charge in [-0.3, -0.25) is 37.3 Å². The molecule has 0 amide bonds. The van der Waals surface area contributed by atoms with Gasteiger partial charge < -0.3 is 33.8 Å². The van der Waals surface area contributed by atoms with Gasteiger partial charge >= 0.3 is 39.5 Å². The van der Waals surface area contributed by atoms with Crippen LogP contribution in [0.1, 0.15) is 362 Å². The van der Waals surface area contributed by atoms with Crippen molar-refractivity contribution in [3.05, 3.63) is 72.9 Å². The SMILES string of the molecule is CCCCC/C=C\C/C=C\CCCCCCCC(=O)OC[C@H](COP(=O)(O)OC[C@@H](O)COP(=O)(O)OC[C@@H](COC(=O)CCCCCCC/C=C\CCCCCCCC)OC(=O)CCCCCCC/C=C\C=C/CCCCCC)OC(=O)CCCCCCC/C=C\CCCCCCCC. The Kier molecular flexibility index (Phi) is 71.2. The predicted octanol–water partition coefficient (Wildman–Crippen LogP) is 23.2. The van der Waals surface area contributed by atoms with Crippen LogP contribution in [0.3, 0.4) is 0 Å². The number of ether oxygens (including phenoxy) is 4. The van der Waals surface area contributed by atoms with Crippen molar-refractivity contribution >= 4 is 39.5 Å². The number of unbranched alkanes of at least 4 members (excludes halogenated alkanes) is 39. The Hall–Kier alpha value is -3.50. The van der Waals surface area contributed by atoms with Crippen LogP contribution in [0.5, 0.6) is 0 Å². The summed E-state index contributed by atoms with van der Waals surface area (Å²) in [6.45, 7) is 4.82. The van der Waals surface area contributed by atoms with E-state index in [-0.39, 0.29) is 25.7 Å². The van der Waals surface area contributed by atoms with Crippen LogP contribution in [0.15, 0.2) is 72.9 Å². The average Bonchev–Trinajstić information content (AvgIpc) is 1.01. The molecule has 5 atom stereocenters. The average molecular weight is 1450 g/mol. The Bertz CT molecular complexity index is 2180. The highest BCUT2D eigenvalue weighted by Gasteiger charge is 2.30. The number of esters is 4. The number of hydrogen-bond donors (Lipinski definition) is 3. The molecule has 0 saturated heterocycles. The molecule has 0 aromatic heterocycles. The Balaban J connectivity index is 5.37. The lowest BCUT2D eigenvalue weighted by atomic mass is 10.1. The number of phosphoric ester groups is 2. The largest absolute Gasteiger partial charge is 0.472 e. The highest BCUT2D eigenvalue weighted by molar-refractivity contribution is 7.47. The van der Waals surface area contributed by atoms with Gasteiger partial charge in [-0.25, -0.2) is 9.13 Å². The minimum Gasteiger partial charge on any atom is -0.462 e. The molecule has 0 spiro atoms. The molecule has 0 radical (unpaired) electrons. The molecule has 0 aromatic carbocycles. The van der Waals surface area contributed by atoms with Crippen LogP contribution in [0.25, 0.3) is 0 Å². The molecule has 582 valence electrons. The van der Waals surface area contributed by atoms with Gasteiger partial charge in [-0.1, -0.05) is 274 Å². The maximum Gasteiger partial charge on any atom is 0.472 e. The molecule has 17 nitrogen and oxygen atoms in total. The minimum atomic E-state index is -4.98. The lowest BCUT2D eigenvalue weighted by molar-refractivity contribution is -0.161. The summed E-state index contributed by atoms with van der Waals surface area (Å²) in [4.78, 5) is 73.0. The molecule has 0 heterocycles. The molecule has 0 aliphatic rings. The quantitative estimate of drug-likeness (QED) is 0.0128. The molecule has 0 aliphatic heterocycles. The number of allylic oxidation sites excluding steroid dienone is 12. The van der Waals surface area contributed by atoms with E-state index in [1.807, 2.05) is 0 Å². The van der Waals surface area contributed by atoms with Gasteiger partial charge in [0.1, 0.15) is 19.3 Å². The molecule has 3 N–H and O–H groups in total. The van der Waals surface area contributed by atoms with Gasteiger partial charge in [0.25, 0.3) is 0 Å². The van der Waals surface area contributed by atoms with Gasteiger partial charge in [-0.15, -0.1) is 0 Å². The van der Waals surface area contributed by atoms with Crippen LogP contribution in [0, 0.1) is 0 Å². The van der Waals surface area contributed by atoms with Crippen LogP contribution >= 0.6 is 15.6 Å². The van der Waals surface area contributed by atoms with Crippen molar-refractivity contribution in [2.45, 2.75) is 380 Å². The lowest BCUT2D eigenvalue weighted by Crippen LogP contribution is -2.30. The van der Waals surface area contributed by atoms with Gasteiger partial charge in [0.05, 0.1) is 26.4 Å². The smallest absolute Gasteiger partial charge is 0.462 e. The number of aliphatic hydroxyl groups excluding tert-OH is 1. The summed E-state index contributed by atoms with van der Waals surface area (Å²) >= 11 is 0. The zero-order valence-electron chi connectivity index (χ0n) is 63.6. The third-order valence-electron chi connectivity index (χ3n) is 17.1. The zero-order valence-corrected chi connectivity index (χ0v) is 65.4. The van der Waals surface area contributed by atoms with E-state index in [2.05, 4.69) is 101 Å². The van der Waals surface area contributed by atoms with Gasteiger partial charge in [-0.2, -0.15) is 0 Å².